The van der Waals surface area contributed by atoms with E-state index in [2.05, 4.69) is 18.7 Å². The van der Waals surface area contributed by atoms with Crippen LogP contribution < -0.4 is 4.74 Å². The van der Waals surface area contributed by atoms with Crippen LogP contribution in [0.4, 0.5) is 0 Å². The number of likely N-dealkylation sites (tertiary alicyclic amines) is 1. The number of hydrogen-bond donors (Lipinski definition) is 0. The van der Waals surface area contributed by atoms with Gasteiger partial charge in [0.2, 0.25) is 5.91 Å². The molecule has 0 N–H and O–H groups in total. The molecular formula is C16H23NO2S. The Bertz CT molecular complexity index is 436. The summed E-state index contributed by atoms with van der Waals surface area (Å²) >= 11 is 1.60. The van der Waals surface area contributed by atoms with E-state index in [4.69, 9.17) is 4.74 Å². The molecule has 0 bridgehead atoms. The first-order chi connectivity index (χ1) is 9.61. The summed E-state index contributed by atoms with van der Waals surface area (Å²) in [7, 11) is 1.66. The van der Waals surface area contributed by atoms with Crippen molar-refractivity contribution in [1.82, 2.24) is 4.90 Å². The molecule has 1 heterocycles. The van der Waals surface area contributed by atoms with Crippen molar-refractivity contribution < 1.29 is 9.53 Å². The number of piperidine rings is 1. The normalized spacial score (nSPS) is 22.6. The van der Waals surface area contributed by atoms with E-state index in [0.29, 0.717) is 17.8 Å². The minimum Gasteiger partial charge on any atom is -0.497 e. The van der Waals surface area contributed by atoms with Crippen molar-refractivity contribution >= 4 is 17.7 Å². The van der Waals surface area contributed by atoms with Gasteiger partial charge in [-0.1, -0.05) is 0 Å². The molecule has 20 heavy (non-hydrogen) atoms. The maximum absolute atomic E-state index is 12.4. The van der Waals surface area contributed by atoms with Gasteiger partial charge in [-0.15, -0.1) is 11.8 Å². The van der Waals surface area contributed by atoms with E-state index in [-0.39, 0.29) is 5.91 Å². The Morgan fingerprint density at radius 1 is 1.25 bits per heavy atom. The summed E-state index contributed by atoms with van der Waals surface area (Å²) < 4.78 is 5.13. The van der Waals surface area contributed by atoms with Crippen molar-refractivity contribution in [2.75, 3.05) is 12.9 Å². The highest BCUT2D eigenvalue weighted by molar-refractivity contribution is 8.00. The number of carbonyl (C=O) groups excluding carboxylic acids is 1. The number of amides is 1. The van der Waals surface area contributed by atoms with Crippen LogP contribution in [-0.2, 0) is 4.79 Å². The molecule has 1 aliphatic heterocycles. The van der Waals surface area contributed by atoms with Gasteiger partial charge in [0.1, 0.15) is 5.75 Å². The maximum Gasteiger partial charge on any atom is 0.233 e. The zero-order chi connectivity index (χ0) is 14.5. The Labute approximate surface area is 125 Å². The summed E-state index contributed by atoms with van der Waals surface area (Å²) in [6.45, 7) is 4.32. The van der Waals surface area contributed by atoms with Crippen molar-refractivity contribution in [1.29, 1.82) is 0 Å². The van der Waals surface area contributed by atoms with Gasteiger partial charge in [0, 0.05) is 17.0 Å². The predicted molar refractivity (Wildman–Crippen MR) is 83.3 cm³/mol. The van der Waals surface area contributed by atoms with E-state index in [0.717, 1.165) is 23.5 Å². The van der Waals surface area contributed by atoms with Gasteiger partial charge in [-0.3, -0.25) is 4.79 Å². The third-order valence-corrected chi connectivity index (χ3v) is 4.90. The molecule has 1 amide bonds. The second-order valence-corrected chi connectivity index (χ2v) is 6.44. The van der Waals surface area contributed by atoms with Crippen molar-refractivity contribution in [2.45, 2.75) is 50.1 Å². The van der Waals surface area contributed by atoms with E-state index in [1.54, 1.807) is 18.9 Å². The maximum atomic E-state index is 12.4. The summed E-state index contributed by atoms with van der Waals surface area (Å²) in [5.74, 6) is 1.62. The molecule has 1 fully saturated rings. The number of thioether (sulfide) groups is 1. The number of methoxy groups -OCH3 is 1. The molecule has 3 nitrogen and oxygen atoms in total. The first-order valence-corrected chi connectivity index (χ1v) is 8.18. The molecule has 2 rings (SSSR count). The average molecular weight is 293 g/mol. The second-order valence-electron chi connectivity index (χ2n) is 5.39. The van der Waals surface area contributed by atoms with Crippen LogP contribution in [-0.4, -0.2) is 35.8 Å². The van der Waals surface area contributed by atoms with Crippen LogP contribution in [0, 0.1) is 0 Å². The standard InChI is InChI=1S/C16H23NO2S/c1-12-5-4-6-13(2)17(12)16(18)11-20-15-9-7-14(19-3)8-10-15/h7-10,12-13H,4-6,11H2,1-3H3. The van der Waals surface area contributed by atoms with Gasteiger partial charge in [0.25, 0.3) is 0 Å². The van der Waals surface area contributed by atoms with Gasteiger partial charge >= 0.3 is 0 Å². The summed E-state index contributed by atoms with van der Waals surface area (Å²) in [4.78, 5) is 15.6. The Hall–Kier alpha value is -1.16. The zero-order valence-corrected chi connectivity index (χ0v) is 13.3. The van der Waals surface area contributed by atoms with Crippen LogP contribution in [0.2, 0.25) is 0 Å². The molecule has 0 saturated carbocycles. The average Bonchev–Trinajstić information content (AvgIpc) is 2.45. The highest BCUT2D eigenvalue weighted by atomic mass is 32.2. The molecule has 1 aromatic rings. The van der Waals surface area contributed by atoms with Crippen LogP contribution >= 0.6 is 11.8 Å². The summed E-state index contributed by atoms with van der Waals surface area (Å²) in [6.07, 6.45) is 3.49. The van der Waals surface area contributed by atoms with Crippen molar-refractivity contribution in [3.8, 4) is 5.75 Å². The number of carbonyl (C=O) groups is 1. The zero-order valence-electron chi connectivity index (χ0n) is 12.5. The van der Waals surface area contributed by atoms with Gasteiger partial charge in [0.05, 0.1) is 12.9 Å². The third-order valence-electron chi connectivity index (χ3n) is 3.90. The molecule has 0 radical (unpaired) electrons. The summed E-state index contributed by atoms with van der Waals surface area (Å²) in [5, 5.41) is 0. The Morgan fingerprint density at radius 2 is 1.85 bits per heavy atom. The van der Waals surface area contributed by atoms with E-state index in [1.165, 1.54) is 6.42 Å². The third kappa shape index (κ3) is 3.69. The van der Waals surface area contributed by atoms with Crippen LogP contribution in [0.5, 0.6) is 5.75 Å². The van der Waals surface area contributed by atoms with Crippen LogP contribution in [0.1, 0.15) is 33.1 Å². The van der Waals surface area contributed by atoms with Crippen LogP contribution in [0.25, 0.3) is 0 Å². The molecule has 4 heteroatoms. The van der Waals surface area contributed by atoms with Gasteiger partial charge in [0.15, 0.2) is 0 Å². The highest BCUT2D eigenvalue weighted by Crippen LogP contribution is 2.26. The lowest BCUT2D eigenvalue weighted by Gasteiger charge is -2.39. The molecule has 0 spiro atoms. The molecule has 1 aromatic carbocycles. The Kier molecular flexibility index (Phi) is 5.35. The molecule has 0 aromatic heterocycles. The fourth-order valence-electron chi connectivity index (χ4n) is 2.80. The van der Waals surface area contributed by atoms with Gasteiger partial charge in [-0.2, -0.15) is 0 Å². The van der Waals surface area contributed by atoms with Crippen LogP contribution in [0.15, 0.2) is 29.2 Å². The SMILES string of the molecule is COc1ccc(SCC(=O)N2C(C)CCCC2C)cc1. The Balaban J connectivity index is 1.90. The van der Waals surface area contributed by atoms with Crippen molar-refractivity contribution in [2.24, 2.45) is 0 Å². The minimum absolute atomic E-state index is 0.255. The minimum atomic E-state index is 0.255. The Morgan fingerprint density at radius 3 is 2.40 bits per heavy atom. The lowest BCUT2D eigenvalue weighted by molar-refractivity contribution is -0.134. The lowest BCUT2D eigenvalue weighted by atomic mass is 9.98. The summed E-state index contributed by atoms with van der Waals surface area (Å²) in [5.41, 5.74) is 0. The van der Waals surface area contributed by atoms with Crippen molar-refractivity contribution in [3.63, 3.8) is 0 Å². The first-order valence-electron chi connectivity index (χ1n) is 7.20. The fourth-order valence-corrected chi connectivity index (χ4v) is 3.57. The predicted octanol–water partition coefficient (Wildman–Crippen LogP) is 3.58. The smallest absolute Gasteiger partial charge is 0.233 e. The first kappa shape index (κ1) is 15.2. The number of ether oxygens (including phenoxy) is 1. The summed E-state index contributed by atoms with van der Waals surface area (Å²) in [6, 6.07) is 8.61. The molecule has 110 valence electrons. The highest BCUT2D eigenvalue weighted by Gasteiger charge is 2.28. The number of rotatable bonds is 4. The monoisotopic (exact) mass is 293 g/mol. The molecule has 2 atom stereocenters. The van der Waals surface area contributed by atoms with E-state index < -0.39 is 0 Å². The van der Waals surface area contributed by atoms with Gasteiger partial charge < -0.3 is 9.64 Å². The van der Waals surface area contributed by atoms with E-state index in [1.807, 2.05) is 24.3 Å². The molecule has 2 unspecified atom stereocenters. The quantitative estimate of drug-likeness (QED) is 0.795. The van der Waals surface area contributed by atoms with Gasteiger partial charge in [-0.05, 0) is 57.4 Å². The van der Waals surface area contributed by atoms with Crippen LogP contribution in [0.3, 0.4) is 0 Å². The number of nitrogens with zero attached hydrogens (tertiary/aromatic N) is 1. The molecule has 0 aliphatic carbocycles. The fraction of sp³-hybridized carbons (Fsp3) is 0.562. The largest absolute Gasteiger partial charge is 0.497 e. The molecule has 1 saturated heterocycles. The number of benzene rings is 1. The number of hydrogen-bond acceptors (Lipinski definition) is 3. The van der Waals surface area contributed by atoms with E-state index >= 15 is 0 Å². The molecular weight excluding hydrogens is 270 g/mol. The molecule has 1 aliphatic rings. The van der Waals surface area contributed by atoms with Gasteiger partial charge in [-0.25, -0.2) is 0 Å². The van der Waals surface area contributed by atoms with E-state index in [9.17, 15) is 4.79 Å². The topological polar surface area (TPSA) is 29.5 Å². The van der Waals surface area contributed by atoms with Crippen molar-refractivity contribution in [3.05, 3.63) is 24.3 Å². The second kappa shape index (κ2) is 7.02. The lowest BCUT2D eigenvalue weighted by Crippen LogP contribution is -2.48.